The fourth-order valence-electron chi connectivity index (χ4n) is 0.854. The standard InChI is InChI=1S/C8H8BrN5O2/c9-7-3-1-6(2-4-7)5-11-12-8(10)13-14(15)16/h1-5H,(H3,10,12,13)/p+1/b11-5+. The first-order valence-electron chi connectivity index (χ1n) is 4.16. The molecule has 0 aliphatic rings. The molecule has 0 atom stereocenters. The number of hydrazone groups is 1. The van der Waals surface area contributed by atoms with Crippen LogP contribution in [0, 0.1) is 10.1 Å². The normalized spacial score (nSPS) is 11.7. The molecule has 0 heterocycles. The van der Waals surface area contributed by atoms with E-state index in [2.05, 4.69) is 26.1 Å². The molecule has 0 aliphatic carbocycles. The lowest BCUT2D eigenvalue weighted by Crippen LogP contribution is -2.64. The van der Waals surface area contributed by atoms with Crippen molar-refractivity contribution in [3.05, 3.63) is 44.4 Å². The number of nitrogens with one attached hydrogen (secondary N) is 2. The van der Waals surface area contributed by atoms with Gasteiger partial charge in [0.2, 0.25) is 6.21 Å². The number of halogens is 1. The number of benzene rings is 1. The van der Waals surface area contributed by atoms with Gasteiger partial charge >= 0.3 is 5.96 Å². The van der Waals surface area contributed by atoms with E-state index in [0.717, 1.165) is 10.0 Å². The molecule has 0 unspecified atom stereocenters. The molecule has 0 aromatic heterocycles. The van der Waals surface area contributed by atoms with Gasteiger partial charge in [0.15, 0.2) is 5.03 Å². The summed E-state index contributed by atoms with van der Waals surface area (Å²) in [4.78, 5) is 9.97. The molecule has 0 fully saturated rings. The van der Waals surface area contributed by atoms with E-state index in [1.165, 1.54) is 0 Å². The van der Waals surface area contributed by atoms with E-state index in [4.69, 9.17) is 5.73 Å². The summed E-state index contributed by atoms with van der Waals surface area (Å²) in [6, 6.07) is 7.39. The smallest absolute Gasteiger partial charge is 0.319 e. The third-order valence-corrected chi connectivity index (χ3v) is 2.02. The Morgan fingerprint density at radius 3 is 2.75 bits per heavy atom. The summed E-state index contributed by atoms with van der Waals surface area (Å²) in [6.07, 6.45) is 1.56. The van der Waals surface area contributed by atoms with Gasteiger partial charge < -0.3 is 5.73 Å². The molecular weight excluding hydrogens is 278 g/mol. The summed E-state index contributed by atoms with van der Waals surface area (Å²) in [5, 5.41) is 15.2. The van der Waals surface area contributed by atoms with Crippen LogP contribution in [0.25, 0.3) is 0 Å². The highest BCUT2D eigenvalue weighted by Gasteiger charge is 1.99. The summed E-state index contributed by atoms with van der Waals surface area (Å²) in [7, 11) is 0. The molecule has 0 bridgehead atoms. The average Bonchev–Trinajstić information content (AvgIpc) is 2.20. The van der Waals surface area contributed by atoms with E-state index in [0.29, 0.717) is 0 Å². The highest BCUT2D eigenvalue weighted by atomic mass is 79.9. The van der Waals surface area contributed by atoms with Gasteiger partial charge in [-0.25, -0.2) is 10.1 Å². The van der Waals surface area contributed by atoms with Crippen molar-refractivity contribution in [2.75, 3.05) is 0 Å². The minimum Gasteiger partial charge on any atom is -0.360 e. The number of guanidine groups is 1. The fourth-order valence-corrected chi connectivity index (χ4v) is 1.12. The predicted molar refractivity (Wildman–Crippen MR) is 62.0 cm³/mol. The number of hydrogen-bond donors (Lipinski definition) is 3. The Hall–Kier alpha value is -1.96. The van der Waals surface area contributed by atoms with Crippen LogP contribution in [0.5, 0.6) is 0 Å². The van der Waals surface area contributed by atoms with Crippen molar-refractivity contribution in [3.8, 4) is 0 Å². The Balaban J connectivity index is 2.60. The summed E-state index contributed by atoms with van der Waals surface area (Å²) in [6.45, 7) is 0. The lowest BCUT2D eigenvalue weighted by atomic mass is 10.2. The molecule has 84 valence electrons. The second-order valence-electron chi connectivity index (χ2n) is 2.69. The number of rotatable bonds is 3. The first kappa shape index (κ1) is 12.1. The van der Waals surface area contributed by atoms with E-state index in [9.17, 15) is 10.1 Å². The molecule has 7 nitrogen and oxygen atoms in total. The molecule has 16 heavy (non-hydrogen) atoms. The van der Waals surface area contributed by atoms with Gasteiger partial charge in [-0.05, 0) is 24.3 Å². The van der Waals surface area contributed by atoms with Gasteiger partial charge in [0.25, 0.3) is 0 Å². The monoisotopic (exact) mass is 286 g/mol. The van der Waals surface area contributed by atoms with Crippen LogP contribution in [-0.2, 0) is 0 Å². The van der Waals surface area contributed by atoms with Gasteiger partial charge in [0.1, 0.15) is 0 Å². The van der Waals surface area contributed by atoms with Crippen LogP contribution in [0.4, 0.5) is 0 Å². The second kappa shape index (κ2) is 5.81. The van der Waals surface area contributed by atoms with Crippen LogP contribution in [-0.4, -0.2) is 17.2 Å². The zero-order valence-electron chi connectivity index (χ0n) is 8.05. The van der Waals surface area contributed by atoms with Crippen LogP contribution in [0.1, 0.15) is 5.56 Å². The molecule has 0 aliphatic heterocycles. The molecule has 4 N–H and O–H groups in total. The van der Waals surface area contributed by atoms with Crippen molar-refractivity contribution < 1.29 is 10.1 Å². The van der Waals surface area contributed by atoms with Gasteiger partial charge in [0, 0.05) is 15.1 Å². The quantitative estimate of drug-likeness (QED) is 0.285. The minimum absolute atomic E-state index is 0.321. The van der Waals surface area contributed by atoms with E-state index >= 15 is 0 Å². The Morgan fingerprint density at radius 2 is 2.19 bits per heavy atom. The Bertz CT molecular complexity index is 429. The summed E-state index contributed by atoms with van der Waals surface area (Å²) in [5.41, 5.74) is 7.73. The lowest BCUT2D eigenvalue weighted by Gasteiger charge is -1.89. The molecule has 1 rings (SSSR count). The van der Waals surface area contributed by atoms with Crippen molar-refractivity contribution in [1.29, 1.82) is 0 Å². The number of hydrazine groups is 1. The van der Waals surface area contributed by atoms with E-state index < -0.39 is 5.03 Å². The fraction of sp³-hybridized carbons (Fsp3) is 0. The van der Waals surface area contributed by atoms with Gasteiger partial charge in [-0.2, -0.15) is 0 Å². The molecular formula is C8H9BrN5O2+. The van der Waals surface area contributed by atoms with E-state index in [1.807, 2.05) is 24.3 Å². The zero-order valence-corrected chi connectivity index (χ0v) is 9.64. The van der Waals surface area contributed by atoms with Crippen molar-refractivity contribution in [3.63, 3.8) is 0 Å². The third-order valence-electron chi connectivity index (χ3n) is 1.49. The SMILES string of the molecule is NC(=N/[NH+]=C/c1ccc(Br)cc1)N[N+](=O)[O-]. The minimum atomic E-state index is -0.792. The Morgan fingerprint density at radius 1 is 1.56 bits per heavy atom. The second-order valence-corrected chi connectivity index (χ2v) is 3.61. The van der Waals surface area contributed by atoms with E-state index in [-0.39, 0.29) is 5.96 Å². The Labute approximate surface area is 99.3 Å². The van der Waals surface area contributed by atoms with Gasteiger partial charge in [0.05, 0.1) is 0 Å². The first-order chi connectivity index (χ1) is 7.58. The number of nitrogens with two attached hydrogens (primary N) is 1. The van der Waals surface area contributed by atoms with Gasteiger partial charge in [-0.15, -0.1) is 5.10 Å². The number of nitrogens with zero attached hydrogens (tertiary/aromatic N) is 2. The van der Waals surface area contributed by atoms with Crippen LogP contribution in [0.2, 0.25) is 0 Å². The molecule has 0 radical (unpaired) electrons. The maximum atomic E-state index is 9.97. The van der Waals surface area contributed by atoms with Crippen molar-refractivity contribution in [1.82, 2.24) is 5.43 Å². The summed E-state index contributed by atoms with van der Waals surface area (Å²) >= 11 is 3.30. The van der Waals surface area contributed by atoms with Gasteiger partial charge in [-0.3, -0.25) is 0 Å². The summed E-state index contributed by atoms with van der Waals surface area (Å²) < 4.78 is 0.961. The Kier molecular flexibility index (Phi) is 4.40. The molecule has 0 spiro atoms. The molecule has 0 saturated carbocycles. The highest BCUT2D eigenvalue weighted by Crippen LogP contribution is 2.08. The highest BCUT2D eigenvalue weighted by molar-refractivity contribution is 9.10. The maximum absolute atomic E-state index is 9.97. The van der Waals surface area contributed by atoms with Crippen LogP contribution >= 0.6 is 15.9 Å². The molecule has 0 amide bonds. The number of hydrogen-bond acceptors (Lipinski definition) is 3. The first-order valence-corrected chi connectivity index (χ1v) is 4.96. The summed E-state index contributed by atoms with van der Waals surface area (Å²) in [5.74, 6) is -0.321. The molecule has 1 aromatic rings. The zero-order chi connectivity index (χ0) is 12.0. The number of nitro groups is 1. The van der Waals surface area contributed by atoms with Gasteiger partial charge in [-0.1, -0.05) is 21.4 Å². The molecule has 1 aromatic carbocycles. The molecule has 8 heteroatoms. The van der Waals surface area contributed by atoms with Crippen LogP contribution in [0.3, 0.4) is 0 Å². The predicted octanol–water partition coefficient (Wildman–Crippen LogP) is -1.04. The average molecular weight is 287 g/mol. The maximum Gasteiger partial charge on any atom is 0.319 e. The van der Waals surface area contributed by atoms with Crippen molar-refractivity contribution in [2.45, 2.75) is 0 Å². The van der Waals surface area contributed by atoms with Crippen LogP contribution < -0.4 is 16.3 Å². The van der Waals surface area contributed by atoms with E-state index in [1.54, 1.807) is 11.6 Å². The molecule has 0 saturated heterocycles. The van der Waals surface area contributed by atoms with Crippen molar-refractivity contribution in [2.24, 2.45) is 10.8 Å². The van der Waals surface area contributed by atoms with Crippen LogP contribution in [0.15, 0.2) is 33.8 Å². The topological polar surface area (TPSA) is 108 Å². The third kappa shape index (κ3) is 4.51. The van der Waals surface area contributed by atoms with Crippen molar-refractivity contribution >= 4 is 28.1 Å². The largest absolute Gasteiger partial charge is 0.360 e. The lowest BCUT2D eigenvalue weighted by molar-refractivity contribution is -0.528.